The van der Waals surface area contributed by atoms with Crippen LogP contribution in [0, 0.1) is 0 Å². The van der Waals surface area contributed by atoms with Gasteiger partial charge in [-0.25, -0.2) is 4.98 Å². The Hall–Kier alpha value is -4.17. The molecule has 0 bridgehead atoms. The molecule has 3 aromatic carbocycles. The molecule has 0 aliphatic carbocycles. The van der Waals surface area contributed by atoms with E-state index in [1.54, 1.807) is 36.4 Å². The van der Waals surface area contributed by atoms with Crippen molar-refractivity contribution in [1.29, 1.82) is 0 Å². The molecule has 1 saturated heterocycles. The van der Waals surface area contributed by atoms with Crippen molar-refractivity contribution < 1.29 is 24.5 Å². The van der Waals surface area contributed by atoms with E-state index in [9.17, 15) is 19.8 Å². The van der Waals surface area contributed by atoms with Crippen molar-refractivity contribution >= 4 is 44.1 Å². The van der Waals surface area contributed by atoms with E-state index in [-0.39, 0.29) is 17.1 Å². The highest BCUT2D eigenvalue weighted by Crippen LogP contribution is 2.44. The molecule has 1 aliphatic rings. The van der Waals surface area contributed by atoms with Crippen molar-refractivity contribution in [2.24, 2.45) is 0 Å². The predicted molar refractivity (Wildman–Crippen MR) is 144 cm³/mol. The number of hydrogen-bond acceptors (Lipinski definition) is 7. The van der Waals surface area contributed by atoms with Gasteiger partial charge in [0.2, 0.25) is 0 Å². The fourth-order valence-electron chi connectivity index (χ4n) is 4.39. The van der Waals surface area contributed by atoms with Crippen LogP contribution in [0.2, 0.25) is 0 Å². The number of anilines is 1. The summed E-state index contributed by atoms with van der Waals surface area (Å²) in [7, 11) is 0. The number of benzene rings is 3. The van der Waals surface area contributed by atoms with Crippen LogP contribution in [-0.2, 0) is 16.0 Å². The Morgan fingerprint density at radius 2 is 1.84 bits per heavy atom. The second-order valence-electron chi connectivity index (χ2n) is 8.79. The van der Waals surface area contributed by atoms with Crippen molar-refractivity contribution in [3.05, 3.63) is 89.0 Å². The van der Waals surface area contributed by atoms with Gasteiger partial charge >= 0.3 is 5.91 Å². The van der Waals surface area contributed by atoms with Gasteiger partial charge in [0.1, 0.15) is 17.3 Å². The number of carbonyl (C=O) groups is 2. The Bertz CT molecular complexity index is 1520. The third-order valence-corrected chi connectivity index (χ3v) is 7.31. The van der Waals surface area contributed by atoms with Gasteiger partial charge in [0.15, 0.2) is 5.13 Å². The number of rotatable bonds is 7. The third-order valence-electron chi connectivity index (χ3n) is 6.29. The number of carbonyl (C=O) groups excluding carboxylic acids is 2. The topological polar surface area (TPSA) is 100.0 Å². The second kappa shape index (κ2) is 10.1. The van der Waals surface area contributed by atoms with Gasteiger partial charge in [0, 0.05) is 5.56 Å². The first-order chi connectivity index (χ1) is 17.9. The zero-order chi connectivity index (χ0) is 26.1. The summed E-state index contributed by atoms with van der Waals surface area (Å²) < 4.78 is 6.60. The van der Waals surface area contributed by atoms with Gasteiger partial charge in [0.05, 0.1) is 28.4 Å². The maximum Gasteiger partial charge on any atom is 0.301 e. The number of aryl methyl sites for hydroxylation is 1. The smallest absolute Gasteiger partial charge is 0.301 e. The molecular weight excluding hydrogens is 488 g/mol. The second-order valence-corrected chi connectivity index (χ2v) is 9.80. The molecule has 1 amide bonds. The highest BCUT2D eigenvalue weighted by atomic mass is 32.1. The third kappa shape index (κ3) is 4.56. The number of Topliss-reactive ketones (excluding diaryl/α,β-unsaturated/α-hetero) is 1. The number of aromatic hydroxyl groups is 1. The first-order valence-electron chi connectivity index (χ1n) is 12.1. The molecule has 0 spiro atoms. The number of thiazole rings is 1. The van der Waals surface area contributed by atoms with Crippen LogP contribution in [0.25, 0.3) is 16.0 Å². The standard InChI is InChI=1S/C29H26N2O5S/c1-3-14-36-21-7-5-6-19(16-21)26(33)24-25(18-9-11-20(32)12-10-18)31(28(35)27(24)34)29-30-22-13-8-17(4-2)15-23(22)37-29/h5-13,15-16,25,32-33H,3-4,14H2,1-2H3/b26-24+. The van der Waals surface area contributed by atoms with Crippen LogP contribution < -0.4 is 9.64 Å². The molecule has 8 heteroatoms. The Morgan fingerprint density at radius 1 is 1.05 bits per heavy atom. The van der Waals surface area contributed by atoms with E-state index >= 15 is 0 Å². The summed E-state index contributed by atoms with van der Waals surface area (Å²) in [6.07, 6.45) is 1.69. The highest BCUT2D eigenvalue weighted by Gasteiger charge is 2.48. The van der Waals surface area contributed by atoms with Crippen molar-refractivity contribution in [1.82, 2.24) is 4.98 Å². The van der Waals surface area contributed by atoms with E-state index in [2.05, 4.69) is 11.9 Å². The summed E-state index contributed by atoms with van der Waals surface area (Å²) in [5, 5.41) is 21.6. The van der Waals surface area contributed by atoms with Crippen LogP contribution in [0.15, 0.2) is 72.3 Å². The van der Waals surface area contributed by atoms with E-state index in [4.69, 9.17) is 4.74 Å². The lowest BCUT2D eigenvalue weighted by Crippen LogP contribution is -2.29. The van der Waals surface area contributed by atoms with Gasteiger partial charge in [0.25, 0.3) is 5.78 Å². The predicted octanol–water partition coefficient (Wildman–Crippen LogP) is 5.98. The minimum Gasteiger partial charge on any atom is -0.508 e. The Balaban J connectivity index is 1.67. The Morgan fingerprint density at radius 3 is 2.57 bits per heavy atom. The molecular formula is C29H26N2O5S. The van der Waals surface area contributed by atoms with Gasteiger partial charge in [-0.3, -0.25) is 14.5 Å². The number of phenols is 1. The minimum absolute atomic E-state index is 0.0446. The lowest BCUT2D eigenvalue weighted by Gasteiger charge is -2.23. The zero-order valence-corrected chi connectivity index (χ0v) is 21.3. The summed E-state index contributed by atoms with van der Waals surface area (Å²) in [5.74, 6) is -1.26. The Labute approximate surface area is 218 Å². The molecule has 37 heavy (non-hydrogen) atoms. The van der Waals surface area contributed by atoms with Gasteiger partial charge in [-0.1, -0.05) is 55.5 Å². The minimum atomic E-state index is -0.924. The van der Waals surface area contributed by atoms with E-state index < -0.39 is 17.7 Å². The molecule has 1 unspecified atom stereocenters. The maximum atomic E-state index is 13.4. The average molecular weight is 515 g/mol. The summed E-state index contributed by atoms with van der Waals surface area (Å²) in [6.45, 7) is 4.57. The van der Waals surface area contributed by atoms with E-state index in [0.29, 0.717) is 28.6 Å². The molecule has 0 radical (unpaired) electrons. The van der Waals surface area contributed by atoms with E-state index in [1.807, 2.05) is 25.1 Å². The number of hydrogen-bond donors (Lipinski definition) is 2. The molecule has 2 heterocycles. The molecule has 7 nitrogen and oxygen atoms in total. The molecule has 2 N–H and O–H groups in total. The molecule has 188 valence electrons. The first kappa shape index (κ1) is 24.5. The summed E-state index contributed by atoms with van der Waals surface area (Å²) in [5.41, 5.74) is 2.75. The van der Waals surface area contributed by atoms with Gasteiger partial charge in [-0.05, 0) is 60.4 Å². The number of aromatic nitrogens is 1. The van der Waals surface area contributed by atoms with Crippen molar-refractivity contribution in [2.75, 3.05) is 11.5 Å². The number of nitrogens with zero attached hydrogens (tertiary/aromatic N) is 2. The maximum absolute atomic E-state index is 13.4. The molecule has 0 saturated carbocycles. The quantitative estimate of drug-likeness (QED) is 0.179. The SMILES string of the molecule is CCCOc1cccc(/C(O)=C2\C(=O)C(=O)N(c3nc4ccc(CC)cc4s3)C2c2ccc(O)cc2)c1. The first-order valence-corrected chi connectivity index (χ1v) is 13.0. The van der Waals surface area contributed by atoms with Crippen molar-refractivity contribution in [3.63, 3.8) is 0 Å². The molecule has 1 aromatic heterocycles. The van der Waals surface area contributed by atoms with Crippen LogP contribution in [0.1, 0.15) is 43.0 Å². The lowest BCUT2D eigenvalue weighted by atomic mass is 9.95. The molecule has 1 fully saturated rings. The highest BCUT2D eigenvalue weighted by molar-refractivity contribution is 7.22. The number of phenolic OH excluding ortho intramolecular Hbond substituents is 1. The van der Waals surface area contributed by atoms with Crippen LogP contribution in [-0.4, -0.2) is 33.5 Å². The number of aliphatic hydroxyl groups is 1. The van der Waals surface area contributed by atoms with E-state index in [1.165, 1.54) is 28.4 Å². The number of amides is 1. The van der Waals surface area contributed by atoms with Gasteiger partial charge < -0.3 is 14.9 Å². The van der Waals surface area contributed by atoms with Gasteiger partial charge in [-0.15, -0.1) is 0 Å². The normalized spacial score (nSPS) is 17.0. The molecule has 4 aromatic rings. The lowest BCUT2D eigenvalue weighted by molar-refractivity contribution is -0.132. The number of ketones is 1. The fraction of sp³-hybridized carbons (Fsp3) is 0.207. The number of aliphatic hydroxyl groups excluding tert-OH is 1. The van der Waals surface area contributed by atoms with Crippen molar-refractivity contribution in [3.8, 4) is 11.5 Å². The van der Waals surface area contributed by atoms with Gasteiger partial charge in [-0.2, -0.15) is 0 Å². The monoisotopic (exact) mass is 514 g/mol. The van der Waals surface area contributed by atoms with Crippen LogP contribution in [0.5, 0.6) is 11.5 Å². The fourth-order valence-corrected chi connectivity index (χ4v) is 5.45. The molecule has 1 aliphatic heterocycles. The average Bonchev–Trinajstić information content (AvgIpc) is 3.45. The molecule has 5 rings (SSSR count). The van der Waals surface area contributed by atoms with Crippen molar-refractivity contribution in [2.45, 2.75) is 32.7 Å². The zero-order valence-electron chi connectivity index (χ0n) is 20.5. The Kier molecular flexibility index (Phi) is 6.67. The molecule has 1 atom stereocenters. The number of ether oxygens (including phenoxy) is 1. The summed E-state index contributed by atoms with van der Waals surface area (Å²) in [4.78, 5) is 32.9. The van der Waals surface area contributed by atoms with Crippen LogP contribution in [0.3, 0.4) is 0 Å². The number of fused-ring (bicyclic) bond motifs is 1. The van der Waals surface area contributed by atoms with Crippen LogP contribution >= 0.6 is 11.3 Å². The van der Waals surface area contributed by atoms with Crippen LogP contribution in [0.4, 0.5) is 5.13 Å². The summed E-state index contributed by atoms with van der Waals surface area (Å²) >= 11 is 1.32. The largest absolute Gasteiger partial charge is 0.508 e. The van der Waals surface area contributed by atoms with E-state index in [0.717, 1.165) is 28.6 Å². The summed E-state index contributed by atoms with van der Waals surface area (Å²) in [6, 6.07) is 18.1.